The van der Waals surface area contributed by atoms with Crippen LogP contribution in [-0.2, 0) is 9.47 Å². The molecule has 2 aromatic rings. The first-order chi connectivity index (χ1) is 15.0. The summed E-state index contributed by atoms with van der Waals surface area (Å²) in [5.74, 6) is 0.391. The van der Waals surface area contributed by atoms with E-state index in [2.05, 4.69) is 26.7 Å². The third-order valence-electron chi connectivity index (χ3n) is 5.63. The first-order valence-electron chi connectivity index (χ1n) is 10.3. The van der Waals surface area contributed by atoms with Crippen molar-refractivity contribution in [3.8, 4) is 11.8 Å². The Balaban J connectivity index is 1.60. The molecule has 9 heteroatoms. The number of methoxy groups -OCH3 is 1. The van der Waals surface area contributed by atoms with E-state index in [1.165, 1.54) is 13.2 Å². The minimum Gasteiger partial charge on any atom is -0.507 e. The van der Waals surface area contributed by atoms with E-state index in [0.717, 1.165) is 18.4 Å². The molecule has 0 bridgehead atoms. The molecular weight excluding hydrogens is 398 g/mol. The van der Waals surface area contributed by atoms with Crippen LogP contribution in [0.2, 0.25) is 0 Å². The number of anilines is 3. The highest BCUT2D eigenvalue weighted by Gasteiger charge is 2.30. The molecule has 1 aliphatic carbocycles. The molecule has 3 N–H and O–H groups in total. The molecule has 1 saturated carbocycles. The van der Waals surface area contributed by atoms with Gasteiger partial charge in [0.05, 0.1) is 31.7 Å². The molecule has 0 amide bonds. The second kappa shape index (κ2) is 8.78. The van der Waals surface area contributed by atoms with Gasteiger partial charge in [-0.25, -0.2) is 9.78 Å². The molecule has 31 heavy (non-hydrogen) atoms. The summed E-state index contributed by atoms with van der Waals surface area (Å²) in [5.41, 5.74) is 2.25. The lowest BCUT2D eigenvalue weighted by molar-refractivity contribution is 0.0597. The normalized spacial score (nSPS) is 20.5. The van der Waals surface area contributed by atoms with Gasteiger partial charge in [-0.3, -0.25) is 0 Å². The van der Waals surface area contributed by atoms with Gasteiger partial charge in [-0.15, -0.1) is 0 Å². The molecule has 2 heterocycles. The van der Waals surface area contributed by atoms with E-state index < -0.39 is 5.97 Å². The number of aromatic nitrogens is 2. The number of esters is 1. The molecule has 9 nitrogen and oxygen atoms in total. The Morgan fingerprint density at radius 2 is 2.16 bits per heavy atom. The predicted molar refractivity (Wildman–Crippen MR) is 113 cm³/mol. The average molecular weight is 423 g/mol. The number of nitrogens with zero attached hydrogens (tertiary/aromatic N) is 3. The molecule has 1 saturated heterocycles. The maximum Gasteiger partial charge on any atom is 0.341 e. The van der Waals surface area contributed by atoms with Gasteiger partial charge in [-0.1, -0.05) is 0 Å². The SMILES string of the molecule is COC(=O)c1cc(Nc2ncc(C)c(N[C@@H]3COCC[C@H]3C#N)n2)cc(C2CC2)c1O. The van der Waals surface area contributed by atoms with Gasteiger partial charge in [0.1, 0.15) is 17.1 Å². The van der Waals surface area contributed by atoms with Gasteiger partial charge in [0.15, 0.2) is 0 Å². The van der Waals surface area contributed by atoms with Crippen LogP contribution in [0.1, 0.15) is 46.7 Å². The van der Waals surface area contributed by atoms with Crippen LogP contribution in [-0.4, -0.2) is 47.4 Å². The number of carbonyl (C=O) groups is 1. The van der Waals surface area contributed by atoms with Gasteiger partial charge in [0.2, 0.25) is 5.95 Å². The number of hydrogen-bond donors (Lipinski definition) is 3. The van der Waals surface area contributed by atoms with Gasteiger partial charge in [0.25, 0.3) is 0 Å². The van der Waals surface area contributed by atoms with E-state index in [0.29, 0.717) is 42.7 Å². The van der Waals surface area contributed by atoms with Crippen molar-refractivity contribution in [3.05, 3.63) is 35.0 Å². The number of phenols is 1. The summed E-state index contributed by atoms with van der Waals surface area (Å²) in [6.45, 7) is 2.91. The van der Waals surface area contributed by atoms with Crippen molar-refractivity contribution in [2.45, 2.75) is 38.1 Å². The van der Waals surface area contributed by atoms with Crippen molar-refractivity contribution >= 4 is 23.4 Å². The Morgan fingerprint density at radius 3 is 2.87 bits per heavy atom. The Labute approximate surface area is 180 Å². The number of carbonyl (C=O) groups excluding carboxylic acids is 1. The molecule has 1 aromatic heterocycles. The second-order valence-electron chi connectivity index (χ2n) is 7.93. The molecule has 0 radical (unpaired) electrons. The molecule has 4 rings (SSSR count). The minimum atomic E-state index is -0.602. The summed E-state index contributed by atoms with van der Waals surface area (Å²) in [6, 6.07) is 5.53. The zero-order valence-electron chi connectivity index (χ0n) is 17.5. The number of nitrogens with one attached hydrogen (secondary N) is 2. The standard InChI is InChI=1S/C22H25N5O4/c1-12-10-24-22(27-20(12)26-18-11-31-6-5-14(18)9-23)25-15-7-16(13-3-4-13)19(28)17(8-15)21(29)30-2/h7-8,10,13-14,18,28H,3-6,11H2,1-2H3,(H2,24,25,26,27)/t14-,18+/m0/s1. The first-order valence-corrected chi connectivity index (χ1v) is 10.3. The molecule has 1 aromatic carbocycles. The summed E-state index contributed by atoms with van der Waals surface area (Å²) in [6.07, 6.45) is 4.30. The smallest absolute Gasteiger partial charge is 0.341 e. The Kier molecular flexibility index (Phi) is 5.91. The van der Waals surface area contributed by atoms with Crippen LogP contribution in [0.4, 0.5) is 17.5 Å². The fourth-order valence-corrected chi connectivity index (χ4v) is 3.69. The highest BCUT2D eigenvalue weighted by atomic mass is 16.5. The Bertz CT molecular complexity index is 1030. The Morgan fingerprint density at radius 1 is 1.35 bits per heavy atom. The van der Waals surface area contributed by atoms with Crippen LogP contribution >= 0.6 is 0 Å². The monoisotopic (exact) mass is 423 g/mol. The average Bonchev–Trinajstić information content (AvgIpc) is 3.62. The summed E-state index contributed by atoms with van der Waals surface area (Å²) >= 11 is 0. The third kappa shape index (κ3) is 4.54. The minimum absolute atomic E-state index is 0.0353. The van der Waals surface area contributed by atoms with E-state index in [4.69, 9.17) is 9.47 Å². The summed E-state index contributed by atoms with van der Waals surface area (Å²) < 4.78 is 10.3. The van der Waals surface area contributed by atoms with Crippen molar-refractivity contribution in [1.82, 2.24) is 9.97 Å². The lowest BCUT2D eigenvalue weighted by atomic mass is 9.96. The molecule has 0 spiro atoms. The Hall–Kier alpha value is -3.38. The molecule has 162 valence electrons. The van der Waals surface area contributed by atoms with Gasteiger partial charge in [-0.05, 0) is 49.8 Å². The van der Waals surface area contributed by atoms with Gasteiger partial charge >= 0.3 is 5.97 Å². The molecule has 2 fully saturated rings. The van der Waals surface area contributed by atoms with Crippen LogP contribution in [0.25, 0.3) is 0 Å². The van der Waals surface area contributed by atoms with Crippen molar-refractivity contribution in [2.24, 2.45) is 5.92 Å². The fourth-order valence-electron chi connectivity index (χ4n) is 3.69. The van der Waals surface area contributed by atoms with Crippen LogP contribution in [0.3, 0.4) is 0 Å². The van der Waals surface area contributed by atoms with E-state index in [9.17, 15) is 15.2 Å². The molecule has 0 unspecified atom stereocenters. The van der Waals surface area contributed by atoms with Crippen molar-refractivity contribution in [2.75, 3.05) is 31.0 Å². The molecular formula is C22H25N5O4. The van der Waals surface area contributed by atoms with Gasteiger partial charge in [0, 0.05) is 24.1 Å². The second-order valence-corrected chi connectivity index (χ2v) is 7.93. The predicted octanol–water partition coefficient (Wildman–Crippen LogP) is 3.24. The fraction of sp³-hybridized carbons (Fsp3) is 0.455. The topological polar surface area (TPSA) is 129 Å². The van der Waals surface area contributed by atoms with Crippen molar-refractivity contribution < 1.29 is 19.4 Å². The summed E-state index contributed by atoms with van der Waals surface area (Å²) in [5, 5.41) is 26.3. The van der Waals surface area contributed by atoms with Crippen LogP contribution in [0.15, 0.2) is 18.3 Å². The molecule has 2 atom stereocenters. The van der Waals surface area contributed by atoms with Gasteiger partial charge in [-0.2, -0.15) is 10.2 Å². The van der Waals surface area contributed by atoms with E-state index >= 15 is 0 Å². The maximum absolute atomic E-state index is 12.1. The zero-order valence-corrected chi connectivity index (χ0v) is 17.5. The van der Waals surface area contributed by atoms with E-state index in [-0.39, 0.29) is 29.2 Å². The number of aryl methyl sites for hydroxylation is 1. The van der Waals surface area contributed by atoms with E-state index in [1.54, 1.807) is 6.20 Å². The molecule has 1 aliphatic heterocycles. The van der Waals surface area contributed by atoms with Gasteiger partial charge < -0.3 is 25.2 Å². The number of benzene rings is 1. The lowest BCUT2D eigenvalue weighted by Crippen LogP contribution is -2.38. The number of phenolic OH excluding ortho intramolecular Hbond substituents is 1. The van der Waals surface area contributed by atoms with Crippen molar-refractivity contribution in [3.63, 3.8) is 0 Å². The number of aromatic hydroxyl groups is 1. The zero-order chi connectivity index (χ0) is 22.0. The lowest BCUT2D eigenvalue weighted by Gasteiger charge is -2.28. The van der Waals surface area contributed by atoms with Crippen LogP contribution in [0.5, 0.6) is 5.75 Å². The maximum atomic E-state index is 12.1. The van der Waals surface area contributed by atoms with Crippen LogP contribution in [0, 0.1) is 24.2 Å². The summed E-state index contributed by atoms with van der Waals surface area (Å²) in [7, 11) is 1.28. The highest BCUT2D eigenvalue weighted by Crippen LogP contribution is 2.46. The number of rotatable bonds is 6. The number of ether oxygens (including phenoxy) is 2. The third-order valence-corrected chi connectivity index (χ3v) is 5.63. The van der Waals surface area contributed by atoms with Crippen LogP contribution < -0.4 is 10.6 Å². The quantitative estimate of drug-likeness (QED) is 0.473. The largest absolute Gasteiger partial charge is 0.507 e. The highest BCUT2D eigenvalue weighted by molar-refractivity contribution is 5.94. The van der Waals surface area contributed by atoms with Crippen molar-refractivity contribution in [1.29, 1.82) is 5.26 Å². The summed E-state index contributed by atoms with van der Waals surface area (Å²) in [4.78, 5) is 21.0. The molecule has 2 aliphatic rings. The first kappa shape index (κ1) is 20.9. The number of hydrogen-bond acceptors (Lipinski definition) is 9. The number of nitriles is 1. The van der Waals surface area contributed by atoms with E-state index in [1.807, 2.05) is 13.0 Å².